The molecule has 0 bridgehead atoms. The zero-order chi connectivity index (χ0) is 13.1. The van der Waals surface area contributed by atoms with E-state index in [-0.39, 0.29) is 17.9 Å². The predicted octanol–water partition coefficient (Wildman–Crippen LogP) is 2.04. The lowest BCUT2D eigenvalue weighted by atomic mass is 9.99. The van der Waals surface area contributed by atoms with E-state index in [1.807, 2.05) is 19.9 Å². The lowest BCUT2D eigenvalue weighted by Gasteiger charge is -2.28. The minimum atomic E-state index is -0.385. The molecule has 0 aliphatic carbocycles. The molecule has 1 aromatic carbocycles. The number of hydrogen-bond donors (Lipinski definition) is 3. The van der Waals surface area contributed by atoms with E-state index < -0.39 is 0 Å². The summed E-state index contributed by atoms with van der Waals surface area (Å²) in [7, 11) is 0. The number of rotatable bonds is 5. The molecule has 0 radical (unpaired) electrons. The van der Waals surface area contributed by atoms with Crippen LogP contribution >= 0.6 is 0 Å². The fraction of sp³-hybridized carbons (Fsp3) is 0.462. The van der Waals surface area contributed by atoms with Gasteiger partial charge in [0.2, 0.25) is 0 Å². The van der Waals surface area contributed by atoms with E-state index in [9.17, 15) is 9.90 Å². The van der Waals surface area contributed by atoms with E-state index in [2.05, 4.69) is 5.32 Å². The van der Waals surface area contributed by atoms with Crippen molar-refractivity contribution in [3.63, 3.8) is 0 Å². The number of aliphatic hydroxyl groups is 1. The highest BCUT2D eigenvalue weighted by Gasteiger charge is 2.20. The number of anilines is 2. The lowest BCUT2D eigenvalue weighted by molar-refractivity contribution is 0.101. The molecule has 94 valence electrons. The van der Waals surface area contributed by atoms with Gasteiger partial charge in [-0.15, -0.1) is 0 Å². The summed E-state index contributed by atoms with van der Waals surface area (Å²) in [6, 6.07) is 5.24. The van der Waals surface area contributed by atoms with Crippen LogP contribution in [0.15, 0.2) is 18.2 Å². The van der Waals surface area contributed by atoms with E-state index >= 15 is 0 Å². The van der Waals surface area contributed by atoms with Crippen molar-refractivity contribution in [2.45, 2.75) is 32.7 Å². The van der Waals surface area contributed by atoms with E-state index in [1.165, 1.54) is 6.92 Å². The maximum atomic E-state index is 11.4. The van der Waals surface area contributed by atoms with Crippen molar-refractivity contribution in [2.24, 2.45) is 0 Å². The van der Waals surface area contributed by atoms with Crippen LogP contribution in [-0.2, 0) is 0 Å². The molecule has 1 atom stereocenters. The highest BCUT2D eigenvalue weighted by atomic mass is 16.3. The lowest BCUT2D eigenvalue weighted by Crippen LogP contribution is -2.37. The fourth-order valence-corrected chi connectivity index (χ4v) is 1.53. The molecule has 4 heteroatoms. The van der Waals surface area contributed by atoms with Crippen LogP contribution in [-0.4, -0.2) is 23.0 Å². The molecule has 0 heterocycles. The molecular formula is C13H20N2O2. The van der Waals surface area contributed by atoms with Crippen molar-refractivity contribution < 1.29 is 9.90 Å². The Bertz CT molecular complexity index is 412. The van der Waals surface area contributed by atoms with Gasteiger partial charge in [0.25, 0.3) is 0 Å². The zero-order valence-electron chi connectivity index (χ0n) is 10.6. The minimum Gasteiger partial charge on any atom is -0.398 e. The van der Waals surface area contributed by atoms with Crippen LogP contribution in [0.4, 0.5) is 11.4 Å². The summed E-state index contributed by atoms with van der Waals surface area (Å²) in [5.74, 6) is -0.0617. The van der Waals surface area contributed by atoms with Crippen molar-refractivity contribution in [2.75, 3.05) is 17.7 Å². The third kappa shape index (κ3) is 3.20. The van der Waals surface area contributed by atoms with E-state index in [0.29, 0.717) is 11.3 Å². The number of nitrogens with one attached hydrogen (secondary N) is 1. The molecule has 4 nitrogen and oxygen atoms in total. The molecule has 1 rings (SSSR count). The number of nitrogen functional groups attached to an aromatic ring is 1. The van der Waals surface area contributed by atoms with Crippen molar-refractivity contribution in [3.8, 4) is 0 Å². The summed E-state index contributed by atoms with van der Waals surface area (Å²) >= 11 is 0. The van der Waals surface area contributed by atoms with Crippen LogP contribution in [0.1, 0.15) is 37.6 Å². The number of ketones is 1. The number of carbonyl (C=O) groups is 1. The first-order valence-electron chi connectivity index (χ1n) is 5.71. The Balaban J connectivity index is 3.01. The van der Waals surface area contributed by atoms with Crippen LogP contribution in [0, 0.1) is 0 Å². The SMILES string of the molecule is CCC(C)(CO)Nc1ccc(N)c(C(C)=O)c1. The second-order valence-electron chi connectivity index (χ2n) is 4.56. The molecule has 4 N–H and O–H groups in total. The Hall–Kier alpha value is -1.55. The van der Waals surface area contributed by atoms with Gasteiger partial charge in [-0.2, -0.15) is 0 Å². The van der Waals surface area contributed by atoms with E-state index in [1.54, 1.807) is 12.1 Å². The summed E-state index contributed by atoms with van der Waals surface area (Å²) in [4.78, 5) is 11.4. The quantitative estimate of drug-likeness (QED) is 0.540. The van der Waals surface area contributed by atoms with Crippen LogP contribution in [0.3, 0.4) is 0 Å². The van der Waals surface area contributed by atoms with E-state index in [4.69, 9.17) is 5.73 Å². The average Bonchev–Trinajstić information content (AvgIpc) is 2.31. The molecule has 0 aromatic heterocycles. The van der Waals surface area contributed by atoms with Gasteiger partial charge in [0.15, 0.2) is 5.78 Å². The molecule has 1 unspecified atom stereocenters. The third-order valence-electron chi connectivity index (χ3n) is 3.01. The highest BCUT2D eigenvalue weighted by Crippen LogP contribution is 2.22. The molecule has 17 heavy (non-hydrogen) atoms. The van der Waals surface area contributed by atoms with Crippen LogP contribution in [0.2, 0.25) is 0 Å². The molecule has 0 saturated heterocycles. The van der Waals surface area contributed by atoms with Crippen molar-refractivity contribution in [3.05, 3.63) is 23.8 Å². The molecule has 0 amide bonds. The van der Waals surface area contributed by atoms with Crippen molar-refractivity contribution in [1.29, 1.82) is 0 Å². The number of nitrogens with two attached hydrogens (primary N) is 1. The van der Waals surface area contributed by atoms with E-state index in [0.717, 1.165) is 12.1 Å². The molecular weight excluding hydrogens is 216 g/mol. The van der Waals surface area contributed by atoms with Gasteiger partial charge in [0.1, 0.15) is 0 Å². The van der Waals surface area contributed by atoms with Crippen molar-refractivity contribution >= 4 is 17.2 Å². The molecule has 0 spiro atoms. The smallest absolute Gasteiger partial charge is 0.161 e. The second kappa shape index (κ2) is 5.19. The Morgan fingerprint density at radius 2 is 2.18 bits per heavy atom. The van der Waals surface area contributed by atoms with Crippen LogP contribution < -0.4 is 11.1 Å². The second-order valence-corrected chi connectivity index (χ2v) is 4.56. The van der Waals surface area contributed by atoms with Crippen LogP contribution in [0.5, 0.6) is 0 Å². The molecule has 0 fully saturated rings. The summed E-state index contributed by atoms with van der Waals surface area (Å²) < 4.78 is 0. The Morgan fingerprint density at radius 3 is 2.65 bits per heavy atom. The Labute approximate surface area is 102 Å². The topological polar surface area (TPSA) is 75.3 Å². The zero-order valence-corrected chi connectivity index (χ0v) is 10.6. The van der Waals surface area contributed by atoms with Gasteiger partial charge in [-0.25, -0.2) is 0 Å². The molecule has 0 aliphatic rings. The number of Topliss-reactive ketones (excluding diaryl/α,β-unsaturated/α-hetero) is 1. The number of hydrogen-bond acceptors (Lipinski definition) is 4. The summed E-state index contributed by atoms with van der Waals surface area (Å²) in [5, 5.41) is 12.5. The standard InChI is InChI=1S/C13H20N2O2/c1-4-13(3,8-16)15-10-5-6-12(14)11(7-10)9(2)17/h5-7,15-16H,4,8,14H2,1-3H3. The van der Waals surface area contributed by atoms with Gasteiger partial charge in [0, 0.05) is 16.9 Å². The first-order chi connectivity index (χ1) is 7.91. The fourth-order valence-electron chi connectivity index (χ4n) is 1.53. The molecule has 1 aromatic rings. The summed E-state index contributed by atoms with van der Waals surface area (Å²) in [6.07, 6.45) is 0.781. The predicted molar refractivity (Wildman–Crippen MR) is 70.3 cm³/mol. The Morgan fingerprint density at radius 1 is 1.53 bits per heavy atom. The van der Waals surface area contributed by atoms with Crippen molar-refractivity contribution in [1.82, 2.24) is 0 Å². The van der Waals surface area contributed by atoms with Gasteiger partial charge in [-0.1, -0.05) is 6.92 Å². The van der Waals surface area contributed by atoms with Gasteiger partial charge < -0.3 is 16.2 Å². The average molecular weight is 236 g/mol. The molecule has 0 saturated carbocycles. The monoisotopic (exact) mass is 236 g/mol. The normalized spacial score (nSPS) is 14.1. The maximum absolute atomic E-state index is 11.4. The summed E-state index contributed by atoms with van der Waals surface area (Å²) in [6.45, 7) is 5.44. The summed E-state index contributed by atoms with van der Waals surface area (Å²) in [5.41, 5.74) is 7.11. The first kappa shape index (κ1) is 13.5. The van der Waals surface area contributed by atoms with Gasteiger partial charge in [0.05, 0.1) is 12.1 Å². The van der Waals surface area contributed by atoms with Crippen LogP contribution in [0.25, 0.3) is 0 Å². The van der Waals surface area contributed by atoms with Gasteiger partial charge >= 0.3 is 0 Å². The Kier molecular flexibility index (Phi) is 4.12. The highest BCUT2D eigenvalue weighted by molar-refractivity contribution is 6.00. The first-order valence-corrected chi connectivity index (χ1v) is 5.71. The minimum absolute atomic E-state index is 0.0310. The number of benzene rings is 1. The molecule has 0 aliphatic heterocycles. The maximum Gasteiger partial charge on any atom is 0.161 e. The largest absolute Gasteiger partial charge is 0.398 e. The van der Waals surface area contributed by atoms with Gasteiger partial charge in [-0.05, 0) is 38.5 Å². The number of aliphatic hydroxyl groups excluding tert-OH is 1. The van der Waals surface area contributed by atoms with Gasteiger partial charge in [-0.3, -0.25) is 4.79 Å². The third-order valence-corrected chi connectivity index (χ3v) is 3.01. The number of carbonyl (C=O) groups excluding carboxylic acids is 1.